The van der Waals surface area contributed by atoms with Crippen molar-refractivity contribution in [1.29, 1.82) is 0 Å². The maximum atomic E-state index is 12.3. The van der Waals surface area contributed by atoms with Gasteiger partial charge in [0.15, 0.2) is 35.4 Å². The number of hydrogen-bond donors (Lipinski definition) is 1. The van der Waals surface area contributed by atoms with E-state index in [4.69, 9.17) is 18.9 Å². The molecule has 0 unspecified atom stereocenters. The zero-order chi connectivity index (χ0) is 19.2. The second-order valence-corrected chi connectivity index (χ2v) is 5.94. The van der Waals surface area contributed by atoms with Crippen LogP contribution in [0.5, 0.6) is 23.0 Å². The molecule has 1 amide bonds. The number of anilines is 1. The molecule has 2 aromatic rings. The van der Waals surface area contributed by atoms with E-state index in [1.807, 2.05) is 13.0 Å². The van der Waals surface area contributed by atoms with Gasteiger partial charge in [-0.15, -0.1) is 0 Å². The SMILES string of the molecule is CCCOc1ccccc1OCC(=O)Nc1cc2c(cc1C(C)=O)OCO2. The molecule has 27 heavy (non-hydrogen) atoms. The molecule has 0 radical (unpaired) electrons. The van der Waals surface area contributed by atoms with Crippen LogP contribution in [-0.2, 0) is 4.79 Å². The number of hydrogen-bond acceptors (Lipinski definition) is 6. The van der Waals surface area contributed by atoms with E-state index < -0.39 is 5.91 Å². The third-order valence-electron chi connectivity index (χ3n) is 3.84. The third kappa shape index (κ3) is 4.49. The second kappa shape index (κ2) is 8.44. The van der Waals surface area contributed by atoms with E-state index in [2.05, 4.69) is 5.32 Å². The van der Waals surface area contributed by atoms with E-state index in [0.717, 1.165) is 6.42 Å². The Balaban J connectivity index is 1.68. The molecule has 1 aliphatic rings. The Hall–Kier alpha value is -3.22. The molecule has 142 valence electrons. The summed E-state index contributed by atoms with van der Waals surface area (Å²) in [4.78, 5) is 24.2. The van der Waals surface area contributed by atoms with E-state index in [1.165, 1.54) is 6.92 Å². The Morgan fingerprint density at radius 3 is 2.41 bits per heavy atom. The lowest BCUT2D eigenvalue weighted by atomic mass is 10.1. The highest BCUT2D eigenvalue weighted by molar-refractivity contribution is 6.04. The van der Waals surface area contributed by atoms with Crippen LogP contribution < -0.4 is 24.3 Å². The van der Waals surface area contributed by atoms with E-state index >= 15 is 0 Å². The van der Waals surface area contributed by atoms with Crippen molar-refractivity contribution < 1.29 is 28.5 Å². The molecule has 0 aliphatic carbocycles. The van der Waals surface area contributed by atoms with Gasteiger partial charge in [0.1, 0.15) is 0 Å². The van der Waals surface area contributed by atoms with Crippen molar-refractivity contribution in [3.8, 4) is 23.0 Å². The van der Waals surface area contributed by atoms with Gasteiger partial charge in [-0.1, -0.05) is 19.1 Å². The predicted molar refractivity (Wildman–Crippen MR) is 98.9 cm³/mol. The normalized spacial score (nSPS) is 11.8. The van der Waals surface area contributed by atoms with Gasteiger partial charge in [-0.2, -0.15) is 0 Å². The molecular formula is C20H21NO6. The Labute approximate surface area is 157 Å². The van der Waals surface area contributed by atoms with Crippen molar-refractivity contribution in [1.82, 2.24) is 0 Å². The highest BCUT2D eigenvalue weighted by Gasteiger charge is 2.20. The van der Waals surface area contributed by atoms with Crippen LogP contribution in [0.2, 0.25) is 0 Å². The van der Waals surface area contributed by atoms with Gasteiger partial charge < -0.3 is 24.3 Å². The summed E-state index contributed by atoms with van der Waals surface area (Å²) < 4.78 is 21.8. The Morgan fingerprint density at radius 2 is 1.74 bits per heavy atom. The first kappa shape index (κ1) is 18.6. The number of fused-ring (bicyclic) bond motifs is 1. The molecule has 0 fully saturated rings. The molecule has 7 nitrogen and oxygen atoms in total. The van der Waals surface area contributed by atoms with Gasteiger partial charge in [-0.05, 0) is 31.5 Å². The number of nitrogens with one attached hydrogen (secondary N) is 1. The van der Waals surface area contributed by atoms with Crippen molar-refractivity contribution in [2.24, 2.45) is 0 Å². The maximum Gasteiger partial charge on any atom is 0.262 e. The molecule has 3 rings (SSSR count). The lowest BCUT2D eigenvalue weighted by Gasteiger charge is -2.13. The highest BCUT2D eigenvalue weighted by Crippen LogP contribution is 2.37. The van der Waals surface area contributed by atoms with Gasteiger partial charge in [0, 0.05) is 11.6 Å². The number of ether oxygens (including phenoxy) is 4. The molecule has 0 aromatic heterocycles. The number of rotatable bonds is 8. The van der Waals surface area contributed by atoms with Crippen LogP contribution in [0.4, 0.5) is 5.69 Å². The van der Waals surface area contributed by atoms with Crippen molar-refractivity contribution >= 4 is 17.4 Å². The topological polar surface area (TPSA) is 83.1 Å². The Bertz CT molecular complexity index is 848. The standard InChI is InChI=1S/C20H21NO6/c1-3-8-24-16-6-4-5-7-17(16)25-11-20(23)21-15-10-19-18(26-12-27-19)9-14(15)13(2)22/h4-7,9-10H,3,8,11-12H2,1-2H3,(H,21,23). The van der Waals surface area contributed by atoms with E-state index in [0.29, 0.717) is 40.9 Å². The molecule has 7 heteroatoms. The molecule has 1 aliphatic heterocycles. The first-order valence-electron chi connectivity index (χ1n) is 8.67. The zero-order valence-electron chi connectivity index (χ0n) is 15.2. The second-order valence-electron chi connectivity index (χ2n) is 5.94. The maximum absolute atomic E-state index is 12.3. The minimum atomic E-state index is -0.401. The molecule has 1 N–H and O–H groups in total. The minimum Gasteiger partial charge on any atom is -0.490 e. The Morgan fingerprint density at radius 1 is 1.07 bits per heavy atom. The van der Waals surface area contributed by atoms with Gasteiger partial charge in [0.25, 0.3) is 5.91 Å². The van der Waals surface area contributed by atoms with Crippen LogP contribution >= 0.6 is 0 Å². The van der Waals surface area contributed by atoms with Gasteiger partial charge in [-0.3, -0.25) is 9.59 Å². The van der Waals surface area contributed by atoms with Crippen molar-refractivity contribution in [2.45, 2.75) is 20.3 Å². The highest BCUT2D eigenvalue weighted by atomic mass is 16.7. The van der Waals surface area contributed by atoms with Gasteiger partial charge in [0.2, 0.25) is 6.79 Å². The average molecular weight is 371 g/mol. The number of carbonyl (C=O) groups is 2. The molecule has 0 atom stereocenters. The van der Waals surface area contributed by atoms with Crippen LogP contribution in [0.1, 0.15) is 30.6 Å². The van der Waals surface area contributed by atoms with Crippen molar-refractivity contribution in [2.75, 3.05) is 25.3 Å². The summed E-state index contributed by atoms with van der Waals surface area (Å²) in [6, 6.07) is 10.3. The third-order valence-corrected chi connectivity index (χ3v) is 3.84. The molecule has 0 bridgehead atoms. The van der Waals surface area contributed by atoms with Gasteiger partial charge in [0.05, 0.1) is 12.3 Å². The summed E-state index contributed by atoms with van der Waals surface area (Å²) in [5, 5.41) is 2.69. The molecular weight excluding hydrogens is 350 g/mol. The molecule has 0 spiro atoms. The van der Waals surface area contributed by atoms with Crippen LogP contribution in [-0.4, -0.2) is 31.7 Å². The summed E-state index contributed by atoms with van der Waals surface area (Å²) in [7, 11) is 0. The van der Waals surface area contributed by atoms with Crippen molar-refractivity contribution in [3.63, 3.8) is 0 Å². The van der Waals surface area contributed by atoms with Gasteiger partial charge in [-0.25, -0.2) is 0 Å². The first-order chi connectivity index (χ1) is 13.1. The first-order valence-corrected chi connectivity index (χ1v) is 8.67. The number of ketones is 1. The number of amides is 1. The summed E-state index contributed by atoms with van der Waals surface area (Å²) >= 11 is 0. The lowest BCUT2D eigenvalue weighted by Crippen LogP contribution is -2.21. The minimum absolute atomic E-state index is 0.0851. The zero-order valence-corrected chi connectivity index (χ0v) is 15.2. The summed E-state index contributed by atoms with van der Waals surface area (Å²) in [5.41, 5.74) is 0.704. The van der Waals surface area contributed by atoms with E-state index in [1.54, 1.807) is 30.3 Å². The predicted octanol–water partition coefficient (Wildman–Crippen LogP) is 3.42. The quantitative estimate of drug-likeness (QED) is 0.716. The van der Waals surface area contributed by atoms with Crippen LogP contribution in [0.25, 0.3) is 0 Å². The van der Waals surface area contributed by atoms with Crippen LogP contribution in [0.3, 0.4) is 0 Å². The molecule has 0 saturated carbocycles. The summed E-state index contributed by atoms with van der Waals surface area (Å²) in [6.45, 7) is 3.85. The number of benzene rings is 2. The summed E-state index contributed by atoms with van der Waals surface area (Å²) in [6.07, 6.45) is 0.868. The van der Waals surface area contributed by atoms with E-state index in [-0.39, 0.29) is 19.2 Å². The molecule has 0 saturated heterocycles. The number of Topliss-reactive ketones (excluding diaryl/α,β-unsaturated/α-hetero) is 1. The lowest BCUT2D eigenvalue weighted by molar-refractivity contribution is -0.118. The fourth-order valence-electron chi connectivity index (χ4n) is 2.57. The fourth-order valence-corrected chi connectivity index (χ4v) is 2.57. The monoisotopic (exact) mass is 371 g/mol. The number of carbonyl (C=O) groups excluding carboxylic acids is 2. The summed E-state index contributed by atoms with van der Waals surface area (Å²) in [5.74, 6) is 1.44. The largest absolute Gasteiger partial charge is 0.490 e. The average Bonchev–Trinajstić information content (AvgIpc) is 3.12. The number of para-hydroxylation sites is 2. The van der Waals surface area contributed by atoms with Crippen LogP contribution in [0.15, 0.2) is 36.4 Å². The van der Waals surface area contributed by atoms with Gasteiger partial charge >= 0.3 is 0 Å². The molecule has 1 heterocycles. The fraction of sp³-hybridized carbons (Fsp3) is 0.300. The Kier molecular flexibility index (Phi) is 5.80. The van der Waals surface area contributed by atoms with Crippen molar-refractivity contribution in [3.05, 3.63) is 42.0 Å². The van der Waals surface area contributed by atoms with Crippen LogP contribution in [0, 0.1) is 0 Å². The molecule has 2 aromatic carbocycles. The van der Waals surface area contributed by atoms with E-state index in [9.17, 15) is 9.59 Å². The smallest absolute Gasteiger partial charge is 0.262 e.